The molecule has 0 spiro atoms. The van der Waals surface area contributed by atoms with Gasteiger partial charge in [0.15, 0.2) is 17.3 Å². The van der Waals surface area contributed by atoms with Crippen LogP contribution in [0.5, 0.6) is 0 Å². The van der Waals surface area contributed by atoms with E-state index in [2.05, 4.69) is 30.6 Å². The van der Waals surface area contributed by atoms with Gasteiger partial charge in [0.1, 0.15) is 17.5 Å². The van der Waals surface area contributed by atoms with Crippen molar-refractivity contribution in [1.82, 2.24) is 34.7 Å². The Morgan fingerprint density at radius 3 is 2.55 bits per heavy atom. The molecule has 0 bridgehead atoms. The van der Waals surface area contributed by atoms with Gasteiger partial charge in [-0.15, -0.1) is 4.80 Å². The second-order valence-corrected chi connectivity index (χ2v) is 6.74. The number of nitrogens with zero attached hydrogens (tertiary/aromatic N) is 8. The minimum atomic E-state index is -4.97. The highest BCUT2D eigenvalue weighted by molar-refractivity contribution is 6.32. The second-order valence-electron chi connectivity index (χ2n) is 6.33. The lowest BCUT2D eigenvalue weighted by Gasteiger charge is -2.13. The van der Waals surface area contributed by atoms with E-state index in [4.69, 9.17) is 17.3 Å². The Labute approximate surface area is 187 Å². The van der Waals surface area contributed by atoms with Crippen molar-refractivity contribution in [2.45, 2.75) is 6.18 Å². The fraction of sp³-hybridized carbons (Fsp3) is 0.0556. The number of alkyl halides is 3. The Balaban J connectivity index is 1.70. The smallest absolute Gasteiger partial charge is 0.382 e. The number of aromatic nitrogens is 7. The molecule has 1 amide bonds. The molecule has 0 aliphatic heterocycles. The molecule has 0 unspecified atom stereocenters. The number of pyridine rings is 2. The Hall–Kier alpha value is -4.51. The quantitative estimate of drug-likeness (QED) is 0.457. The third-order valence-corrected chi connectivity index (χ3v) is 4.53. The molecule has 11 nitrogen and oxygen atoms in total. The van der Waals surface area contributed by atoms with Gasteiger partial charge in [0.25, 0.3) is 5.91 Å². The highest BCUT2D eigenvalue weighted by atomic mass is 35.5. The van der Waals surface area contributed by atoms with E-state index in [1.807, 2.05) is 6.07 Å². The van der Waals surface area contributed by atoms with E-state index in [0.29, 0.717) is 4.68 Å². The number of nitriles is 1. The van der Waals surface area contributed by atoms with Crippen molar-refractivity contribution in [3.63, 3.8) is 0 Å². The zero-order valence-corrected chi connectivity index (χ0v) is 16.9. The summed E-state index contributed by atoms with van der Waals surface area (Å²) in [6.45, 7) is 0. The van der Waals surface area contributed by atoms with E-state index in [1.54, 1.807) is 0 Å². The average Bonchev–Trinajstić information content (AvgIpc) is 3.45. The van der Waals surface area contributed by atoms with Gasteiger partial charge >= 0.3 is 6.18 Å². The van der Waals surface area contributed by atoms with E-state index in [-0.39, 0.29) is 33.7 Å². The minimum absolute atomic E-state index is 0.0171. The summed E-state index contributed by atoms with van der Waals surface area (Å²) in [5.41, 5.74) is 3.37. The van der Waals surface area contributed by atoms with Gasteiger partial charge in [-0.1, -0.05) is 11.6 Å². The van der Waals surface area contributed by atoms with Crippen LogP contribution in [-0.4, -0.2) is 40.6 Å². The lowest BCUT2D eigenvalue weighted by atomic mass is 10.2. The van der Waals surface area contributed by atoms with Gasteiger partial charge < -0.3 is 11.1 Å². The summed E-state index contributed by atoms with van der Waals surface area (Å²) < 4.78 is 42.0. The SMILES string of the molecule is N#Cc1cc(NC(=O)c2cnn(-c3ccc(Cl)c(N)n3)c2C(F)(F)F)cnc1-n1nccn1. The number of hydrogen-bond donors (Lipinski definition) is 2. The van der Waals surface area contributed by atoms with Crippen molar-refractivity contribution >= 4 is 29.0 Å². The number of anilines is 2. The van der Waals surface area contributed by atoms with Crippen LogP contribution in [-0.2, 0) is 6.18 Å². The third kappa shape index (κ3) is 4.16. The number of nitrogen functional groups attached to an aromatic ring is 1. The fourth-order valence-electron chi connectivity index (χ4n) is 2.82. The molecule has 4 aromatic rings. The van der Waals surface area contributed by atoms with Crippen molar-refractivity contribution in [2.75, 3.05) is 11.1 Å². The number of nitrogens with two attached hydrogens (primary N) is 1. The van der Waals surface area contributed by atoms with Gasteiger partial charge in [-0.05, 0) is 18.2 Å². The topological polar surface area (TPSA) is 153 Å². The lowest BCUT2D eigenvalue weighted by Crippen LogP contribution is -2.21. The summed E-state index contributed by atoms with van der Waals surface area (Å²) in [7, 11) is 0. The van der Waals surface area contributed by atoms with Crippen LogP contribution in [0.3, 0.4) is 0 Å². The van der Waals surface area contributed by atoms with Gasteiger partial charge in [-0.2, -0.15) is 33.7 Å². The second kappa shape index (κ2) is 8.20. The number of halogens is 4. The highest BCUT2D eigenvalue weighted by Gasteiger charge is 2.41. The number of hydrogen-bond acceptors (Lipinski definition) is 8. The Morgan fingerprint density at radius 1 is 1.18 bits per heavy atom. The summed E-state index contributed by atoms with van der Waals surface area (Å²) in [6.07, 6.45) is -0.331. The van der Waals surface area contributed by atoms with Gasteiger partial charge in [-0.25, -0.2) is 14.6 Å². The first kappa shape index (κ1) is 21.7. The molecule has 15 heteroatoms. The maximum absolute atomic E-state index is 13.8. The lowest BCUT2D eigenvalue weighted by molar-refractivity contribution is -0.143. The first-order valence-electron chi connectivity index (χ1n) is 8.85. The first-order chi connectivity index (χ1) is 15.7. The molecule has 4 rings (SSSR count). The van der Waals surface area contributed by atoms with Crippen molar-refractivity contribution in [2.24, 2.45) is 0 Å². The number of amides is 1. The predicted octanol–water partition coefficient (Wildman–Crippen LogP) is 2.62. The monoisotopic (exact) mass is 474 g/mol. The molecule has 4 heterocycles. The largest absolute Gasteiger partial charge is 0.434 e. The number of carbonyl (C=O) groups excluding carboxylic acids is 1. The van der Waals surface area contributed by atoms with Crippen LogP contribution < -0.4 is 11.1 Å². The molecular formula is C18H10ClF3N10O. The molecular weight excluding hydrogens is 465 g/mol. The molecule has 0 atom stereocenters. The summed E-state index contributed by atoms with van der Waals surface area (Å²) in [5, 5.41) is 23.1. The molecule has 0 aromatic carbocycles. The van der Waals surface area contributed by atoms with Crippen LogP contribution in [0.15, 0.2) is 43.0 Å². The molecule has 0 fully saturated rings. The molecule has 33 heavy (non-hydrogen) atoms. The van der Waals surface area contributed by atoms with E-state index < -0.39 is 23.3 Å². The zero-order valence-electron chi connectivity index (χ0n) is 16.1. The Kier molecular flexibility index (Phi) is 5.40. The van der Waals surface area contributed by atoms with E-state index in [0.717, 1.165) is 17.2 Å². The number of rotatable bonds is 4. The van der Waals surface area contributed by atoms with Crippen molar-refractivity contribution in [3.05, 3.63) is 64.8 Å². The zero-order chi connectivity index (χ0) is 23.8. The molecule has 0 radical (unpaired) electrons. The molecule has 0 aliphatic rings. The van der Waals surface area contributed by atoms with Gasteiger partial charge in [0.2, 0.25) is 0 Å². The minimum Gasteiger partial charge on any atom is -0.382 e. The van der Waals surface area contributed by atoms with E-state index in [9.17, 15) is 23.2 Å². The standard InChI is InChI=1S/C18H10ClF3N10O/c19-12-1-2-13(30-15(12)24)31-14(18(20,21)22)11(8-28-31)17(33)29-10-5-9(6-23)16(25-7-10)32-26-3-4-27-32/h1-5,7-8H,(H2,24,30)(H,29,33). The van der Waals surface area contributed by atoms with Gasteiger partial charge in [0.05, 0.1) is 41.1 Å². The van der Waals surface area contributed by atoms with Crippen molar-refractivity contribution in [3.8, 4) is 17.7 Å². The molecule has 4 aromatic heterocycles. The van der Waals surface area contributed by atoms with Crippen LogP contribution in [0.4, 0.5) is 24.7 Å². The summed E-state index contributed by atoms with van der Waals surface area (Å²) >= 11 is 5.77. The van der Waals surface area contributed by atoms with E-state index >= 15 is 0 Å². The normalized spacial score (nSPS) is 11.2. The van der Waals surface area contributed by atoms with Gasteiger partial charge in [-0.3, -0.25) is 4.79 Å². The Bertz CT molecular complexity index is 1390. The fourth-order valence-corrected chi connectivity index (χ4v) is 2.92. The number of nitrogens with one attached hydrogen (secondary N) is 1. The summed E-state index contributed by atoms with van der Waals surface area (Å²) in [4.78, 5) is 21.6. The summed E-state index contributed by atoms with van der Waals surface area (Å²) in [5.74, 6) is -1.54. The maximum atomic E-state index is 13.8. The third-order valence-electron chi connectivity index (χ3n) is 4.21. The van der Waals surface area contributed by atoms with Crippen LogP contribution in [0.25, 0.3) is 11.6 Å². The summed E-state index contributed by atoms with van der Waals surface area (Å²) in [6, 6.07) is 5.52. The molecule has 3 N–H and O–H groups in total. The van der Waals surface area contributed by atoms with Crippen LogP contribution >= 0.6 is 11.6 Å². The van der Waals surface area contributed by atoms with Crippen LogP contribution in [0, 0.1) is 11.3 Å². The van der Waals surface area contributed by atoms with Crippen molar-refractivity contribution < 1.29 is 18.0 Å². The van der Waals surface area contributed by atoms with Crippen LogP contribution in [0.1, 0.15) is 21.6 Å². The highest BCUT2D eigenvalue weighted by Crippen LogP contribution is 2.34. The van der Waals surface area contributed by atoms with E-state index in [1.165, 1.54) is 30.6 Å². The first-order valence-corrected chi connectivity index (χ1v) is 9.22. The molecule has 0 aliphatic carbocycles. The maximum Gasteiger partial charge on any atom is 0.434 e. The van der Waals surface area contributed by atoms with Crippen LogP contribution in [0.2, 0.25) is 5.02 Å². The average molecular weight is 475 g/mol. The Morgan fingerprint density at radius 2 is 1.91 bits per heavy atom. The predicted molar refractivity (Wildman–Crippen MR) is 108 cm³/mol. The number of carbonyl (C=O) groups is 1. The van der Waals surface area contributed by atoms with Gasteiger partial charge in [0, 0.05) is 0 Å². The molecule has 0 saturated carbocycles. The molecule has 0 saturated heterocycles. The van der Waals surface area contributed by atoms with Crippen molar-refractivity contribution in [1.29, 1.82) is 5.26 Å². The molecule has 166 valence electrons.